The molecular formula is C44H59N3O5. The first-order valence-electron chi connectivity index (χ1n) is 19.1. The third kappa shape index (κ3) is 10.9. The molecule has 4 aromatic rings. The molecule has 0 radical (unpaired) electrons. The molecule has 0 fully saturated rings. The van der Waals surface area contributed by atoms with Crippen LogP contribution in [0.2, 0.25) is 0 Å². The van der Waals surface area contributed by atoms with E-state index in [1.54, 1.807) is 0 Å². The van der Waals surface area contributed by atoms with Crippen molar-refractivity contribution in [2.24, 2.45) is 23.7 Å². The summed E-state index contributed by atoms with van der Waals surface area (Å²) in [5.74, 6) is -1.44. The van der Waals surface area contributed by atoms with Gasteiger partial charge in [-0.3, -0.25) is 14.4 Å². The minimum Gasteiger partial charge on any atom is -0.394 e. The topological polar surface area (TPSA) is 128 Å². The van der Waals surface area contributed by atoms with Gasteiger partial charge in [-0.25, -0.2) is 0 Å². The maximum Gasteiger partial charge on any atom is 0.243 e. The Morgan fingerprint density at radius 3 is 1.65 bits per heavy atom. The van der Waals surface area contributed by atoms with Crippen molar-refractivity contribution in [1.29, 1.82) is 0 Å². The van der Waals surface area contributed by atoms with Gasteiger partial charge in [0.25, 0.3) is 0 Å². The summed E-state index contributed by atoms with van der Waals surface area (Å²) in [5.41, 5.74) is 2.14. The van der Waals surface area contributed by atoms with Gasteiger partial charge in [0, 0.05) is 5.92 Å². The molecule has 4 unspecified atom stereocenters. The molecule has 8 heteroatoms. The quantitative estimate of drug-likeness (QED) is 0.0738. The molecule has 6 atom stereocenters. The van der Waals surface area contributed by atoms with Crippen LogP contribution in [0, 0.1) is 23.7 Å². The predicted octanol–water partition coefficient (Wildman–Crippen LogP) is 6.73. The first-order chi connectivity index (χ1) is 24.9. The van der Waals surface area contributed by atoms with Gasteiger partial charge in [0.2, 0.25) is 17.7 Å². The molecule has 0 saturated heterocycles. The maximum atomic E-state index is 14.5. The predicted molar refractivity (Wildman–Crippen MR) is 211 cm³/mol. The van der Waals surface area contributed by atoms with E-state index < -0.39 is 30.1 Å². The van der Waals surface area contributed by atoms with E-state index in [9.17, 15) is 24.6 Å². The number of fused-ring (bicyclic) bond motifs is 2. The van der Waals surface area contributed by atoms with Gasteiger partial charge < -0.3 is 26.2 Å². The van der Waals surface area contributed by atoms with Crippen LogP contribution < -0.4 is 16.0 Å². The summed E-state index contributed by atoms with van der Waals surface area (Å²) < 4.78 is 0. The molecule has 0 aromatic heterocycles. The van der Waals surface area contributed by atoms with Crippen LogP contribution >= 0.6 is 0 Å². The van der Waals surface area contributed by atoms with Gasteiger partial charge in [-0.1, -0.05) is 139 Å². The van der Waals surface area contributed by atoms with Crippen molar-refractivity contribution in [3.63, 3.8) is 0 Å². The Bertz CT molecular complexity index is 1680. The number of carbonyl (C=O) groups excluding carboxylic acids is 3. The number of carbonyl (C=O) groups is 3. The molecule has 0 bridgehead atoms. The molecule has 0 aliphatic rings. The summed E-state index contributed by atoms with van der Waals surface area (Å²) in [7, 11) is 0. The second-order valence-electron chi connectivity index (χ2n) is 15.0. The number of aliphatic hydroxyl groups excluding tert-OH is 2. The first-order valence-corrected chi connectivity index (χ1v) is 19.1. The Morgan fingerprint density at radius 2 is 1.15 bits per heavy atom. The van der Waals surface area contributed by atoms with Gasteiger partial charge in [0.05, 0.1) is 31.2 Å². The third-order valence-electron chi connectivity index (χ3n) is 10.6. The van der Waals surface area contributed by atoms with Crippen LogP contribution in [0.15, 0.2) is 84.9 Å². The monoisotopic (exact) mass is 709 g/mol. The highest BCUT2D eigenvalue weighted by atomic mass is 16.3. The minimum absolute atomic E-state index is 0.0715. The van der Waals surface area contributed by atoms with E-state index >= 15 is 0 Å². The van der Waals surface area contributed by atoms with Crippen LogP contribution in [0.3, 0.4) is 0 Å². The summed E-state index contributed by atoms with van der Waals surface area (Å²) in [6, 6.07) is 26.7. The van der Waals surface area contributed by atoms with Gasteiger partial charge in [0.1, 0.15) is 6.04 Å². The Labute approximate surface area is 309 Å². The summed E-state index contributed by atoms with van der Waals surface area (Å²) in [4.78, 5) is 41.6. The van der Waals surface area contributed by atoms with Crippen molar-refractivity contribution in [1.82, 2.24) is 16.0 Å². The fourth-order valence-corrected chi connectivity index (χ4v) is 7.05. The van der Waals surface area contributed by atoms with Crippen molar-refractivity contribution < 1.29 is 24.6 Å². The van der Waals surface area contributed by atoms with Gasteiger partial charge in [-0.2, -0.15) is 0 Å². The number of hydrogen-bond donors (Lipinski definition) is 5. The van der Waals surface area contributed by atoms with E-state index in [0.717, 1.165) is 39.1 Å². The molecule has 4 rings (SSSR count). The van der Waals surface area contributed by atoms with E-state index in [1.165, 1.54) is 0 Å². The van der Waals surface area contributed by atoms with Crippen molar-refractivity contribution >= 4 is 39.3 Å². The SMILES string of the molecule is CCC(C)[C@H](NC(=O)C(Cc1cccc2ccccc12)Cc1cccc2ccccc12)C(=O)NC(CC(C)C)C(O)CC(=O)N[C@H](CO)C(C)CC. The summed E-state index contributed by atoms with van der Waals surface area (Å²) in [6.07, 6.45) is 1.48. The number of rotatable bonds is 19. The highest BCUT2D eigenvalue weighted by molar-refractivity contribution is 5.91. The molecule has 0 aliphatic carbocycles. The maximum absolute atomic E-state index is 14.5. The zero-order chi connectivity index (χ0) is 37.8. The van der Waals surface area contributed by atoms with Gasteiger partial charge in [0.15, 0.2) is 0 Å². The minimum atomic E-state index is -1.15. The highest BCUT2D eigenvalue weighted by Crippen LogP contribution is 2.27. The molecule has 280 valence electrons. The van der Waals surface area contributed by atoms with Crippen LogP contribution in [0.1, 0.15) is 78.4 Å². The van der Waals surface area contributed by atoms with Crippen LogP contribution in [0.25, 0.3) is 21.5 Å². The second-order valence-corrected chi connectivity index (χ2v) is 15.0. The van der Waals surface area contributed by atoms with Crippen molar-refractivity contribution in [2.45, 2.75) is 104 Å². The van der Waals surface area contributed by atoms with Crippen molar-refractivity contribution in [3.8, 4) is 0 Å². The molecule has 3 amide bonds. The highest BCUT2D eigenvalue weighted by Gasteiger charge is 2.33. The average molecular weight is 710 g/mol. The average Bonchev–Trinajstić information content (AvgIpc) is 3.14. The molecule has 0 heterocycles. The lowest BCUT2D eigenvalue weighted by Gasteiger charge is -2.31. The smallest absolute Gasteiger partial charge is 0.243 e. The Hall–Kier alpha value is -4.27. The lowest BCUT2D eigenvalue weighted by Crippen LogP contribution is -2.56. The fourth-order valence-electron chi connectivity index (χ4n) is 7.05. The van der Waals surface area contributed by atoms with Crippen LogP contribution in [-0.4, -0.2) is 58.8 Å². The van der Waals surface area contributed by atoms with Crippen molar-refractivity contribution in [3.05, 3.63) is 96.1 Å². The van der Waals surface area contributed by atoms with Gasteiger partial charge in [-0.05, 0) is 69.7 Å². The zero-order valence-electron chi connectivity index (χ0n) is 31.8. The number of aliphatic hydroxyl groups is 2. The Morgan fingerprint density at radius 1 is 0.635 bits per heavy atom. The van der Waals surface area contributed by atoms with E-state index in [4.69, 9.17) is 0 Å². The largest absolute Gasteiger partial charge is 0.394 e. The first kappa shape index (κ1) is 40.5. The molecule has 52 heavy (non-hydrogen) atoms. The van der Waals surface area contributed by atoms with Crippen LogP contribution in [0.4, 0.5) is 0 Å². The molecule has 0 aliphatic heterocycles. The number of amides is 3. The van der Waals surface area contributed by atoms with Gasteiger partial charge in [-0.15, -0.1) is 0 Å². The number of benzene rings is 4. The second kappa shape index (κ2) is 19.5. The molecule has 4 aromatic carbocycles. The zero-order valence-corrected chi connectivity index (χ0v) is 31.8. The third-order valence-corrected chi connectivity index (χ3v) is 10.6. The van der Waals surface area contributed by atoms with Crippen molar-refractivity contribution in [2.75, 3.05) is 6.61 Å². The van der Waals surface area contributed by atoms with Gasteiger partial charge >= 0.3 is 0 Å². The van der Waals surface area contributed by atoms with E-state index in [0.29, 0.717) is 25.7 Å². The van der Waals surface area contributed by atoms with E-state index in [-0.39, 0.29) is 48.5 Å². The Kier molecular flexibility index (Phi) is 15.2. The number of hydrogen-bond acceptors (Lipinski definition) is 5. The Balaban J connectivity index is 1.59. The molecular weight excluding hydrogens is 651 g/mol. The van der Waals surface area contributed by atoms with Crippen LogP contribution in [-0.2, 0) is 27.2 Å². The molecule has 0 spiro atoms. The van der Waals surface area contributed by atoms with E-state index in [2.05, 4.69) is 64.5 Å². The molecule has 5 N–H and O–H groups in total. The fraction of sp³-hybridized carbons (Fsp3) is 0.477. The standard InChI is InChI=1S/C44H59N3O5/c1-7-29(5)39(27-48)45-41(50)26-40(49)38(23-28(3)4)46-44(52)42(30(6)8-2)47-43(51)35(24-33-19-13-17-31-15-9-11-21-36(31)33)25-34-20-14-18-32-16-10-12-22-37(32)34/h9-22,28-30,35,38-40,42,48-49H,7-8,23-27H2,1-6H3,(H,45,50)(H,46,52)(H,47,51)/t29?,30?,38?,39-,40?,42+/m1/s1. The summed E-state index contributed by atoms with van der Waals surface area (Å²) >= 11 is 0. The molecule has 8 nitrogen and oxygen atoms in total. The lowest BCUT2D eigenvalue weighted by molar-refractivity contribution is -0.133. The summed E-state index contributed by atoms with van der Waals surface area (Å²) in [5, 5.41) is 34.5. The lowest BCUT2D eigenvalue weighted by atomic mass is 9.87. The summed E-state index contributed by atoms with van der Waals surface area (Å²) in [6.45, 7) is 11.7. The normalized spacial score (nSPS) is 15.2. The molecule has 0 saturated carbocycles. The van der Waals surface area contributed by atoms with Crippen LogP contribution in [0.5, 0.6) is 0 Å². The number of nitrogens with one attached hydrogen (secondary N) is 3. The van der Waals surface area contributed by atoms with E-state index in [1.807, 2.05) is 77.9 Å².